The summed E-state index contributed by atoms with van der Waals surface area (Å²) in [5, 5.41) is 0.760. The Morgan fingerprint density at radius 3 is 2.23 bits per heavy atom. The van der Waals surface area contributed by atoms with Gasteiger partial charge in [0.05, 0.1) is 16.5 Å². The van der Waals surface area contributed by atoms with E-state index in [1.54, 1.807) is 53.6 Å². The molecule has 0 aliphatic carbocycles. The van der Waals surface area contributed by atoms with Crippen molar-refractivity contribution in [2.75, 3.05) is 19.6 Å². The number of fused-ring (bicyclic) bond motifs is 2. The molecule has 1 atom stereocenters. The van der Waals surface area contributed by atoms with E-state index in [-0.39, 0.29) is 29.7 Å². The van der Waals surface area contributed by atoms with Gasteiger partial charge in [0.2, 0.25) is 5.91 Å². The number of likely N-dealkylation sites (tertiary alicyclic amines) is 1. The predicted octanol–water partition coefficient (Wildman–Crippen LogP) is 5.22. The van der Waals surface area contributed by atoms with Crippen LogP contribution in [0.5, 0.6) is 0 Å². The summed E-state index contributed by atoms with van der Waals surface area (Å²) in [5.41, 5.74) is 2.69. The molecule has 0 radical (unpaired) electrons. The third kappa shape index (κ3) is 4.52. The number of benzene rings is 3. The lowest BCUT2D eigenvalue weighted by Gasteiger charge is -2.27. The second-order valence-electron chi connectivity index (χ2n) is 10.2. The molecule has 3 heterocycles. The van der Waals surface area contributed by atoms with Gasteiger partial charge in [-0.05, 0) is 42.7 Å². The number of carbonyl (C=O) groups excluding carboxylic acids is 2. The predicted molar refractivity (Wildman–Crippen MR) is 150 cm³/mol. The molecule has 1 aromatic heterocycles. The van der Waals surface area contributed by atoms with Crippen LogP contribution >= 0.6 is 0 Å². The van der Waals surface area contributed by atoms with E-state index < -0.39 is 16.1 Å². The van der Waals surface area contributed by atoms with E-state index in [1.165, 1.54) is 3.97 Å². The molecule has 0 unspecified atom stereocenters. The van der Waals surface area contributed by atoms with Crippen molar-refractivity contribution in [2.24, 2.45) is 0 Å². The molecule has 3 aromatic carbocycles. The molecule has 0 spiro atoms. The van der Waals surface area contributed by atoms with Crippen molar-refractivity contribution in [3.8, 4) is 0 Å². The first-order valence-corrected chi connectivity index (χ1v) is 15.0. The molecule has 6 rings (SSSR count). The molecule has 1 saturated heterocycles. The Kier molecular flexibility index (Phi) is 6.73. The Labute approximate surface area is 228 Å². The Morgan fingerprint density at radius 2 is 1.46 bits per heavy atom. The second kappa shape index (κ2) is 10.3. The van der Waals surface area contributed by atoms with Gasteiger partial charge in [0, 0.05) is 48.8 Å². The van der Waals surface area contributed by atoms with Gasteiger partial charge in [0.15, 0.2) is 0 Å². The molecule has 39 heavy (non-hydrogen) atoms. The summed E-state index contributed by atoms with van der Waals surface area (Å²) in [6.07, 6.45) is 6.19. The normalized spacial score (nSPS) is 17.8. The molecular formula is C31H31N3O4S. The zero-order chi connectivity index (χ0) is 27.0. The maximum atomic E-state index is 13.7. The number of amides is 2. The van der Waals surface area contributed by atoms with Crippen LogP contribution in [0.3, 0.4) is 0 Å². The van der Waals surface area contributed by atoms with Crippen molar-refractivity contribution in [1.82, 2.24) is 13.8 Å². The molecule has 1 fully saturated rings. The molecular weight excluding hydrogens is 510 g/mol. The first-order chi connectivity index (χ1) is 19.0. The van der Waals surface area contributed by atoms with Crippen molar-refractivity contribution in [3.05, 3.63) is 102 Å². The average molecular weight is 542 g/mol. The topological polar surface area (TPSA) is 79.7 Å². The summed E-state index contributed by atoms with van der Waals surface area (Å²) < 4.78 is 28.8. The number of carbonyl (C=O) groups is 2. The maximum absolute atomic E-state index is 13.7. The number of hydrogen-bond acceptors (Lipinski definition) is 4. The highest BCUT2D eigenvalue weighted by Crippen LogP contribution is 2.42. The number of nitrogens with zero attached hydrogens (tertiary/aromatic N) is 3. The van der Waals surface area contributed by atoms with Gasteiger partial charge >= 0.3 is 0 Å². The molecule has 4 aromatic rings. The lowest BCUT2D eigenvalue weighted by atomic mass is 9.97. The average Bonchev–Trinajstić information content (AvgIpc) is 3.32. The monoisotopic (exact) mass is 541 g/mol. The van der Waals surface area contributed by atoms with Crippen molar-refractivity contribution in [3.63, 3.8) is 0 Å². The summed E-state index contributed by atoms with van der Waals surface area (Å²) >= 11 is 0. The van der Waals surface area contributed by atoms with Gasteiger partial charge < -0.3 is 9.80 Å². The molecule has 2 aliphatic heterocycles. The summed E-state index contributed by atoms with van der Waals surface area (Å²) in [6, 6.07) is 22.7. The van der Waals surface area contributed by atoms with Gasteiger partial charge in [-0.2, -0.15) is 0 Å². The van der Waals surface area contributed by atoms with Gasteiger partial charge in [0.1, 0.15) is 0 Å². The van der Waals surface area contributed by atoms with E-state index in [1.807, 2.05) is 41.3 Å². The van der Waals surface area contributed by atoms with Crippen molar-refractivity contribution in [2.45, 2.75) is 43.0 Å². The highest BCUT2D eigenvalue weighted by Gasteiger charge is 2.39. The molecule has 2 amide bonds. The van der Waals surface area contributed by atoms with E-state index in [4.69, 9.17) is 0 Å². The lowest BCUT2D eigenvalue weighted by molar-refractivity contribution is -0.131. The molecule has 7 nitrogen and oxygen atoms in total. The van der Waals surface area contributed by atoms with Gasteiger partial charge in [-0.3, -0.25) is 9.59 Å². The standard InChI is InChI=1S/C31H31N3O4S/c35-29(32-19-10-1-2-11-20-32)18-21-33-30(25-15-6-7-16-26(25)31(33)36)27-22-34(28-17-9-8-14-24(27)28)39(37,38)23-12-4-3-5-13-23/h3-9,12-17,22,30H,1-2,10-11,18-21H2/t30-/m1/s1. The first-order valence-electron chi connectivity index (χ1n) is 13.5. The largest absolute Gasteiger partial charge is 0.343 e. The SMILES string of the molecule is O=C(CCN1C(=O)c2ccccc2[C@@H]1c1cn(S(=O)(=O)c2ccccc2)c2ccccc12)N1CCCCCC1. The Morgan fingerprint density at radius 1 is 0.795 bits per heavy atom. The molecule has 0 N–H and O–H groups in total. The smallest absolute Gasteiger partial charge is 0.268 e. The molecule has 8 heteroatoms. The zero-order valence-corrected chi connectivity index (χ0v) is 22.5. The molecule has 2 aliphatic rings. The van der Waals surface area contributed by atoms with Crippen LogP contribution < -0.4 is 0 Å². The van der Waals surface area contributed by atoms with Gasteiger partial charge in [0.25, 0.3) is 15.9 Å². The summed E-state index contributed by atoms with van der Waals surface area (Å²) in [6.45, 7) is 1.79. The highest BCUT2D eigenvalue weighted by atomic mass is 32.2. The summed E-state index contributed by atoms with van der Waals surface area (Å²) in [4.78, 5) is 30.7. The first kappa shape index (κ1) is 25.4. The fraction of sp³-hybridized carbons (Fsp3) is 0.290. The third-order valence-electron chi connectivity index (χ3n) is 7.89. The molecule has 200 valence electrons. The van der Waals surface area contributed by atoms with Crippen LogP contribution in [0.15, 0.2) is 90.0 Å². The van der Waals surface area contributed by atoms with E-state index in [0.717, 1.165) is 55.3 Å². The van der Waals surface area contributed by atoms with Crippen LogP contribution in [0.1, 0.15) is 59.6 Å². The second-order valence-corrected chi connectivity index (χ2v) is 12.1. The van der Waals surface area contributed by atoms with Gasteiger partial charge in [-0.15, -0.1) is 0 Å². The van der Waals surface area contributed by atoms with E-state index >= 15 is 0 Å². The Balaban J connectivity index is 1.41. The van der Waals surface area contributed by atoms with Crippen molar-refractivity contribution >= 4 is 32.7 Å². The van der Waals surface area contributed by atoms with Gasteiger partial charge in [-0.25, -0.2) is 12.4 Å². The van der Waals surface area contributed by atoms with E-state index in [9.17, 15) is 18.0 Å². The Hall–Kier alpha value is -3.91. The number of aromatic nitrogens is 1. The minimum absolute atomic E-state index is 0.0634. The molecule has 0 saturated carbocycles. The van der Waals surface area contributed by atoms with Crippen molar-refractivity contribution < 1.29 is 18.0 Å². The maximum Gasteiger partial charge on any atom is 0.268 e. The quantitative estimate of drug-likeness (QED) is 0.335. The van der Waals surface area contributed by atoms with Crippen molar-refractivity contribution in [1.29, 1.82) is 0 Å². The summed E-state index contributed by atoms with van der Waals surface area (Å²) in [5.74, 6) is -0.0736. The van der Waals surface area contributed by atoms with Crippen LogP contribution in [0.2, 0.25) is 0 Å². The van der Waals surface area contributed by atoms with E-state index in [2.05, 4.69) is 0 Å². The Bertz CT molecular complexity index is 1640. The minimum Gasteiger partial charge on any atom is -0.343 e. The number of para-hydroxylation sites is 1. The molecule has 0 bridgehead atoms. The van der Waals surface area contributed by atoms with Crippen LogP contribution in [-0.4, -0.2) is 53.6 Å². The minimum atomic E-state index is -3.87. The third-order valence-corrected chi connectivity index (χ3v) is 9.57. The van der Waals surface area contributed by atoms with Crippen LogP contribution in [0.4, 0.5) is 0 Å². The lowest BCUT2D eigenvalue weighted by Crippen LogP contribution is -2.36. The van der Waals surface area contributed by atoms with Crippen LogP contribution in [0.25, 0.3) is 10.9 Å². The van der Waals surface area contributed by atoms with Crippen LogP contribution in [0, 0.1) is 0 Å². The highest BCUT2D eigenvalue weighted by molar-refractivity contribution is 7.90. The van der Waals surface area contributed by atoms with Crippen LogP contribution in [-0.2, 0) is 14.8 Å². The van der Waals surface area contributed by atoms with E-state index in [0.29, 0.717) is 11.1 Å². The number of hydrogen-bond donors (Lipinski definition) is 0. The van der Waals surface area contributed by atoms with Gasteiger partial charge in [-0.1, -0.05) is 67.4 Å². The summed E-state index contributed by atoms with van der Waals surface area (Å²) in [7, 11) is -3.87. The zero-order valence-electron chi connectivity index (χ0n) is 21.7. The fourth-order valence-corrected chi connectivity index (χ4v) is 7.33. The fourth-order valence-electron chi connectivity index (χ4n) is 5.93. The number of rotatable bonds is 6.